The molecule has 1 aromatic heterocycles. The van der Waals surface area contributed by atoms with Gasteiger partial charge in [-0.05, 0) is 30.9 Å². The zero-order valence-corrected chi connectivity index (χ0v) is 9.59. The summed E-state index contributed by atoms with van der Waals surface area (Å²) in [5.41, 5.74) is 0.738. The van der Waals surface area contributed by atoms with Gasteiger partial charge < -0.3 is 14.6 Å². The molecule has 2 rings (SSSR count). The molecule has 88 valence electrons. The van der Waals surface area contributed by atoms with Gasteiger partial charge in [-0.1, -0.05) is 0 Å². The van der Waals surface area contributed by atoms with Crippen LogP contribution in [0.25, 0.3) is 0 Å². The Kier molecular flexibility index (Phi) is 3.29. The summed E-state index contributed by atoms with van der Waals surface area (Å²) in [6, 6.07) is 3.73. The summed E-state index contributed by atoms with van der Waals surface area (Å²) in [7, 11) is 1.88. The first-order valence-electron chi connectivity index (χ1n) is 5.74. The molecule has 0 aliphatic carbocycles. The molecular weight excluding hydrogens is 204 g/mol. The van der Waals surface area contributed by atoms with Crippen molar-refractivity contribution in [1.29, 1.82) is 0 Å². The first kappa shape index (κ1) is 11.2. The number of amides is 1. The summed E-state index contributed by atoms with van der Waals surface area (Å²) < 4.78 is 1.85. The SMILES string of the molecule is Cn1cccc1C(=O)N1CCC(CO)CC1. The van der Waals surface area contributed by atoms with E-state index in [-0.39, 0.29) is 12.5 Å². The Hall–Kier alpha value is -1.29. The third-order valence-electron chi connectivity index (χ3n) is 3.32. The van der Waals surface area contributed by atoms with Crippen molar-refractivity contribution >= 4 is 5.91 Å². The summed E-state index contributed by atoms with van der Waals surface area (Å²) >= 11 is 0. The molecule has 1 aliphatic heterocycles. The van der Waals surface area contributed by atoms with E-state index >= 15 is 0 Å². The summed E-state index contributed by atoms with van der Waals surface area (Å²) in [6.45, 7) is 1.76. The maximum atomic E-state index is 12.1. The molecule has 1 aliphatic rings. The van der Waals surface area contributed by atoms with Crippen LogP contribution < -0.4 is 0 Å². The van der Waals surface area contributed by atoms with Gasteiger partial charge in [-0.3, -0.25) is 4.79 Å². The number of aliphatic hydroxyl groups is 1. The highest BCUT2D eigenvalue weighted by molar-refractivity contribution is 5.92. The van der Waals surface area contributed by atoms with Crippen LogP contribution in [0.15, 0.2) is 18.3 Å². The summed E-state index contributed by atoms with van der Waals surface area (Å²) in [5, 5.41) is 9.04. The Labute approximate surface area is 95.5 Å². The van der Waals surface area contributed by atoms with Crippen LogP contribution in [0.2, 0.25) is 0 Å². The number of aliphatic hydroxyl groups excluding tert-OH is 1. The van der Waals surface area contributed by atoms with Crippen molar-refractivity contribution in [2.24, 2.45) is 13.0 Å². The first-order valence-corrected chi connectivity index (χ1v) is 5.74. The molecular formula is C12H18N2O2. The van der Waals surface area contributed by atoms with Crippen LogP contribution in [-0.4, -0.2) is 40.2 Å². The lowest BCUT2D eigenvalue weighted by Gasteiger charge is -2.31. The van der Waals surface area contributed by atoms with Crippen molar-refractivity contribution in [3.05, 3.63) is 24.0 Å². The van der Waals surface area contributed by atoms with Gasteiger partial charge in [0.05, 0.1) is 0 Å². The van der Waals surface area contributed by atoms with Gasteiger partial charge in [-0.25, -0.2) is 0 Å². The van der Waals surface area contributed by atoms with E-state index in [1.807, 2.05) is 34.8 Å². The van der Waals surface area contributed by atoms with Crippen LogP contribution in [0.5, 0.6) is 0 Å². The van der Waals surface area contributed by atoms with Gasteiger partial charge in [0.2, 0.25) is 0 Å². The van der Waals surface area contributed by atoms with Gasteiger partial charge in [0.15, 0.2) is 0 Å². The summed E-state index contributed by atoms with van der Waals surface area (Å²) in [4.78, 5) is 14.0. The minimum absolute atomic E-state index is 0.101. The van der Waals surface area contributed by atoms with Gasteiger partial charge in [0.25, 0.3) is 5.91 Å². The number of hydrogen-bond acceptors (Lipinski definition) is 2. The van der Waals surface area contributed by atoms with Crippen molar-refractivity contribution < 1.29 is 9.90 Å². The first-order chi connectivity index (χ1) is 7.72. The second kappa shape index (κ2) is 4.70. The second-order valence-corrected chi connectivity index (χ2v) is 4.42. The Morgan fingerprint density at radius 3 is 2.69 bits per heavy atom. The Morgan fingerprint density at radius 1 is 1.50 bits per heavy atom. The zero-order valence-electron chi connectivity index (χ0n) is 9.59. The van der Waals surface area contributed by atoms with Crippen LogP contribution in [0.1, 0.15) is 23.3 Å². The number of carbonyl (C=O) groups excluding carboxylic acids is 1. The average Bonchev–Trinajstić information content (AvgIpc) is 2.75. The van der Waals surface area contributed by atoms with E-state index < -0.39 is 0 Å². The molecule has 1 fully saturated rings. The number of carbonyl (C=O) groups is 1. The molecule has 0 atom stereocenters. The molecule has 1 aromatic rings. The maximum absolute atomic E-state index is 12.1. The van der Waals surface area contributed by atoms with Crippen molar-refractivity contribution in [3.63, 3.8) is 0 Å². The average molecular weight is 222 g/mol. The number of piperidine rings is 1. The normalized spacial score (nSPS) is 17.8. The lowest BCUT2D eigenvalue weighted by atomic mass is 9.98. The molecule has 1 N–H and O–H groups in total. The maximum Gasteiger partial charge on any atom is 0.270 e. The van der Waals surface area contributed by atoms with E-state index in [0.29, 0.717) is 5.92 Å². The van der Waals surface area contributed by atoms with Crippen LogP contribution in [-0.2, 0) is 7.05 Å². The molecule has 0 aromatic carbocycles. The van der Waals surface area contributed by atoms with E-state index in [1.165, 1.54) is 0 Å². The van der Waals surface area contributed by atoms with E-state index in [1.54, 1.807) is 0 Å². The van der Waals surface area contributed by atoms with Gasteiger partial charge in [0.1, 0.15) is 5.69 Å². The lowest BCUT2D eigenvalue weighted by molar-refractivity contribution is 0.0641. The Bertz CT molecular complexity index is 365. The molecule has 0 bridgehead atoms. The smallest absolute Gasteiger partial charge is 0.270 e. The number of rotatable bonds is 2. The molecule has 1 amide bonds. The lowest BCUT2D eigenvalue weighted by Crippen LogP contribution is -2.39. The number of aromatic nitrogens is 1. The molecule has 0 spiro atoms. The van der Waals surface area contributed by atoms with Crippen molar-refractivity contribution in [2.45, 2.75) is 12.8 Å². The molecule has 1 saturated heterocycles. The van der Waals surface area contributed by atoms with Crippen molar-refractivity contribution in [3.8, 4) is 0 Å². The molecule has 0 saturated carbocycles. The fourth-order valence-electron chi connectivity index (χ4n) is 2.16. The molecule has 0 unspecified atom stereocenters. The highest BCUT2D eigenvalue weighted by Crippen LogP contribution is 2.18. The molecule has 0 radical (unpaired) electrons. The standard InChI is InChI=1S/C12H18N2O2/c1-13-6-2-3-11(13)12(16)14-7-4-10(9-15)5-8-14/h2-3,6,10,15H,4-5,7-9H2,1H3. The van der Waals surface area contributed by atoms with E-state index in [0.717, 1.165) is 31.6 Å². The van der Waals surface area contributed by atoms with Gasteiger partial charge in [0, 0.05) is 32.9 Å². The minimum Gasteiger partial charge on any atom is -0.396 e. The zero-order chi connectivity index (χ0) is 11.5. The predicted octanol–water partition coefficient (Wildman–Crippen LogP) is 0.870. The van der Waals surface area contributed by atoms with E-state index in [4.69, 9.17) is 5.11 Å². The number of nitrogens with zero attached hydrogens (tertiary/aromatic N) is 2. The predicted molar refractivity (Wildman–Crippen MR) is 61.1 cm³/mol. The molecule has 4 nitrogen and oxygen atoms in total. The number of hydrogen-bond donors (Lipinski definition) is 1. The highest BCUT2D eigenvalue weighted by atomic mass is 16.3. The topological polar surface area (TPSA) is 45.5 Å². The van der Waals surface area contributed by atoms with Gasteiger partial charge in [-0.2, -0.15) is 0 Å². The molecule has 4 heteroatoms. The van der Waals surface area contributed by atoms with E-state index in [9.17, 15) is 4.79 Å². The van der Waals surface area contributed by atoms with Crippen LogP contribution in [0.4, 0.5) is 0 Å². The molecule has 16 heavy (non-hydrogen) atoms. The fourth-order valence-corrected chi connectivity index (χ4v) is 2.16. The van der Waals surface area contributed by atoms with Gasteiger partial charge >= 0.3 is 0 Å². The molecule has 2 heterocycles. The minimum atomic E-state index is 0.101. The van der Waals surface area contributed by atoms with Crippen LogP contribution >= 0.6 is 0 Å². The second-order valence-electron chi connectivity index (χ2n) is 4.42. The summed E-state index contributed by atoms with van der Waals surface area (Å²) in [6.07, 6.45) is 3.70. The third kappa shape index (κ3) is 2.11. The Morgan fingerprint density at radius 2 is 2.19 bits per heavy atom. The van der Waals surface area contributed by atoms with Crippen LogP contribution in [0.3, 0.4) is 0 Å². The highest BCUT2D eigenvalue weighted by Gasteiger charge is 2.24. The van der Waals surface area contributed by atoms with Crippen molar-refractivity contribution in [2.75, 3.05) is 19.7 Å². The van der Waals surface area contributed by atoms with Gasteiger partial charge in [-0.15, -0.1) is 0 Å². The largest absolute Gasteiger partial charge is 0.396 e. The van der Waals surface area contributed by atoms with Crippen molar-refractivity contribution in [1.82, 2.24) is 9.47 Å². The number of aryl methyl sites for hydroxylation is 1. The quantitative estimate of drug-likeness (QED) is 0.807. The van der Waals surface area contributed by atoms with E-state index in [2.05, 4.69) is 0 Å². The number of likely N-dealkylation sites (tertiary alicyclic amines) is 1. The monoisotopic (exact) mass is 222 g/mol. The fraction of sp³-hybridized carbons (Fsp3) is 0.583. The Balaban J connectivity index is 2.00. The third-order valence-corrected chi connectivity index (χ3v) is 3.32. The summed E-state index contributed by atoms with van der Waals surface area (Å²) in [5.74, 6) is 0.473. The van der Waals surface area contributed by atoms with Crippen LogP contribution in [0, 0.1) is 5.92 Å².